The van der Waals surface area contributed by atoms with E-state index < -0.39 is 41.8 Å². The Labute approximate surface area is 233 Å². The Balaban J connectivity index is 1.67. The van der Waals surface area contributed by atoms with Crippen molar-refractivity contribution in [2.75, 3.05) is 6.61 Å². The van der Waals surface area contributed by atoms with Crippen LogP contribution in [0.25, 0.3) is 0 Å². The summed E-state index contributed by atoms with van der Waals surface area (Å²) in [6.45, 7) is 5.20. The Hall–Kier alpha value is -3.17. The van der Waals surface area contributed by atoms with Crippen molar-refractivity contribution in [3.05, 3.63) is 102 Å². The number of benzene rings is 3. The van der Waals surface area contributed by atoms with Crippen LogP contribution in [0.4, 0.5) is 0 Å². The van der Waals surface area contributed by atoms with Crippen LogP contribution in [0.15, 0.2) is 89.8 Å². The number of rotatable bonds is 11. The van der Waals surface area contributed by atoms with Crippen LogP contribution in [0.1, 0.15) is 30.5 Å². The van der Waals surface area contributed by atoms with E-state index in [1.807, 2.05) is 91.9 Å². The number of ether oxygens (including phenoxy) is 5. The molecule has 4 rings (SSSR count). The Bertz CT molecular complexity index is 1190. The van der Waals surface area contributed by atoms with Crippen LogP contribution in [0.5, 0.6) is 0 Å². The summed E-state index contributed by atoms with van der Waals surface area (Å²) < 4.78 is 30.5. The van der Waals surface area contributed by atoms with E-state index >= 15 is 0 Å². The number of esters is 2. The molecule has 0 spiro atoms. The molecular formula is C31H34O7S. The highest BCUT2D eigenvalue weighted by Gasteiger charge is 2.50. The maximum absolute atomic E-state index is 12.2. The van der Waals surface area contributed by atoms with Gasteiger partial charge in [0, 0.05) is 18.7 Å². The van der Waals surface area contributed by atoms with E-state index in [4.69, 9.17) is 23.7 Å². The van der Waals surface area contributed by atoms with Gasteiger partial charge >= 0.3 is 11.9 Å². The zero-order valence-electron chi connectivity index (χ0n) is 22.4. The molecule has 7 nitrogen and oxygen atoms in total. The van der Waals surface area contributed by atoms with Crippen LogP contribution in [0.2, 0.25) is 0 Å². The molecule has 39 heavy (non-hydrogen) atoms. The topological polar surface area (TPSA) is 80.3 Å². The number of thioether (sulfide) groups is 1. The van der Waals surface area contributed by atoms with E-state index in [0.717, 1.165) is 21.6 Å². The van der Waals surface area contributed by atoms with Gasteiger partial charge in [0.05, 0.1) is 13.2 Å². The summed E-state index contributed by atoms with van der Waals surface area (Å²) >= 11 is 1.49. The van der Waals surface area contributed by atoms with Gasteiger partial charge in [0.1, 0.15) is 30.4 Å². The number of carbonyl (C=O) groups is 2. The minimum Gasteiger partial charge on any atom is -0.463 e. The number of hydrogen-bond donors (Lipinski definition) is 0. The monoisotopic (exact) mass is 550 g/mol. The molecule has 0 aromatic heterocycles. The lowest BCUT2D eigenvalue weighted by molar-refractivity contribution is -0.246. The molecule has 0 bridgehead atoms. The van der Waals surface area contributed by atoms with Gasteiger partial charge in [-0.05, 0) is 30.2 Å². The first-order valence-corrected chi connectivity index (χ1v) is 13.8. The van der Waals surface area contributed by atoms with Gasteiger partial charge in [0.15, 0.2) is 6.10 Å². The summed E-state index contributed by atoms with van der Waals surface area (Å²) in [5.41, 5.74) is 2.56. The molecule has 3 aromatic carbocycles. The maximum Gasteiger partial charge on any atom is 0.303 e. The quantitative estimate of drug-likeness (QED) is 0.291. The Morgan fingerprint density at radius 3 is 1.85 bits per heavy atom. The average molecular weight is 551 g/mol. The molecule has 0 amide bonds. The van der Waals surface area contributed by atoms with Crippen molar-refractivity contribution in [2.45, 2.75) is 68.7 Å². The van der Waals surface area contributed by atoms with Crippen molar-refractivity contribution in [3.63, 3.8) is 0 Å². The highest BCUT2D eigenvalue weighted by Crippen LogP contribution is 2.38. The third kappa shape index (κ3) is 8.66. The summed E-state index contributed by atoms with van der Waals surface area (Å²) in [6.07, 6.45) is -2.92. The molecule has 0 radical (unpaired) electrons. The zero-order valence-corrected chi connectivity index (χ0v) is 23.2. The molecule has 1 aliphatic heterocycles. The van der Waals surface area contributed by atoms with Crippen molar-refractivity contribution < 1.29 is 33.3 Å². The lowest BCUT2D eigenvalue weighted by Gasteiger charge is -2.45. The van der Waals surface area contributed by atoms with Crippen molar-refractivity contribution in [3.8, 4) is 0 Å². The molecule has 0 saturated carbocycles. The van der Waals surface area contributed by atoms with Crippen LogP contribution >= 0.6 is 11.8 Å². The van der Waals surface area contributed by atoms with Crippen molar-refractivity contribution in [2.24, 2.45) is 0 Å². The summed E-state index contributed by atoms with van der Waals surface area (Å²) in [7, 11) is 0. The molecule has 1 aliphatic rings. The van der Waals surface area contributed by atoms with Gasteiger partial charge in [0.2, 0.25) is 0 Å². The molecule has 0 unspecified atom stereocenters. The van der Waals surface area contributed by atoms with Crippen molar-refractivity contribution in [1.29, 1.82) is 0 Å². The molecule has 1 fully saturated rings. The van der Waals surface area contributed by atoms with Crippen molar-refractivity contribution in [1.82, 2.24) is 0 Å². The van der Waals surface area contributed by atoms with Gasteiger partial charge in [-0.2, -0.15) is 0 Å². The molecular weight excluding hydrogens is 516 g/mol. The Kier molecular flexibility index (Phi) is 10.6. The first-order chi connectivity index (χ1) is 18.9. The smallest absolute Gasteiger partial charge is 0.303 e. The third-order valence-electron chi connectivity index (χ3n) is 6.19. The molecule has 1 saturated heterocycles. The molecule has 5 atom stereocenters. The summed E-state index contributed by atoms with van der Waals surface area (Å²) in [6, 6.07) is 27.7. The highest BCUT2D eigenvalue weighted by molar-refractivity contribution is 7.99. The lowest BCUT2D eigenvalue weighted by Crippen LogP contribution is -2.60. The van der Waals surface area contributed by atoms with Gasteiger partial charge < -0.3 is 23.7 Å². The third-order valence-corrected chi connectivity index (χ3v) is 7.34. The van der Waals surface area contributed by atoms with Crippen molar-refractivity contribution >= 4 is 23.7 Å². The first-order valence-electron chi connectivity index (χ1n) is 12.9. The SMILES string of the molecule is CC(=O)OC[C@H]1O[C@H](Sc2ccc(C)cc2)[C@@H](OCc2ccccc2)[C@@H](OCc2ccccc2)[C@@H]1OC(C)=O. The van der Waals surface area contributed by atoms with Gasteiger partial charge in [-0.25, -0.2) is 0 Å². The Morgan fingerprint density at radius 1 is 0.744 bits per heavy atom. The molecule has 3 aromatic rings. The van der Waals surface area contributed by atoms with E-state index in [-0.39, 0.29) is 13.2 Å². The number of hydrogen-bond acceptors (Lipinski definition) is 8. The van der Waals surface area contributed by atoms with Crippen LogP contribution in [-0.4, -0.2) is 48.4 Å². The normalized spacial score (nSPS) is 22.7. The van der Waals surface area contributed by atoms with Gasteiger partial charge in [-0.15, -0.1) is 0 Å². The second-order valence-corrected chi connectivity index (χ2v) is 10.5. The predicted molar refractivity (Wildman–Crippen MR) is 148 cm³/mol. The maximum atomic E-state index is 12.2. The van der Waals surface area contributed by atoms with E-state index in [1.165, 1.54) is 25.6 Å². The fourth-order valence-corrected chi connectivity index (χ4v) is 5.42. The van der Waals surface area contributed by atoms with Crippen LogP contribution in [-0.2, 0) is 46.5 Å². The van der Waals surface area contributed by atoms with Gasteiger partial charge in [-0.1, -0.05) is 90.1 Å². The van der Waals surface area contributed by atoms with E-state index in [9.17, 15) is 9.59 Å². The van der Waals surface area contributed by atoms with Gasteiger partial charge in [-0.3, -0.25) is 9.59 Å². The number of carbonyl (C=O) groups excluding carboxylic acids is 2. The second-order valence-electron chi connectivity index (χ2n) is 9.37. The lowest BCUT2D eigenvalue weighted by atomic mass is 9.99. The average Bonchev–Trinajstić information content (AvgIpc) is 2.93. The molecule has 206 valence electrons. The highest BCUT2D eigenvalue weighted by atomic mass is 32.2. The van der Waals surface area contributed by atoms with E-state index in [0.29, 0.717) is 6.61 Å². The Morgan fingerprint density at radius 2 is 1.31 bits per heavy atom. The molecule has 1 heterocycles. The standard InChI is InChI=1S/C31H34O7S/c1-21-14-16-26(17-15-21)39-31-30(36-19-25-12-8-5-9-13-25)29(35-18-24-10-6-4-7-11-24)28(37-23(3)33)27(38-31)20-34-22(2)32/h4-17,27-31H,18-20H2,1-3H3/t27-,28-,29+,30+,31-/m1/s1. The van der Waals surface area contributed by atoms with Crippen LogP contribution in [0, 0.1) is 6.92 Å². The minimum absolute atomic E-state index is 0.0885. The van der Waals surface area contributed by atoms with E-state index in [1.54, 1.807) is 0 Å². The molecule has 0 N–H and O–H groups in total. The second kappa shape index (κ2) is 14.3. The minimum atomic E-state index is -0.860. The number of aryl methyl sites for hydroxylation is 1. The summed E-state index contributed by atoms with van der Waals surface area (Å²) in [5.74, 6) is -0.941. The van der Waals surface area contributed by atoms with Crippen LogP contribution < -0.4 is 0 Å². The fourth-order valence-electron chi connectivity index (χ4n) is 4.29. The zero-order chi connectivity index (χ0) is 27.6. The summed E-state index contributed by atoms with van der Waals surface area (Å²) in [5, 5.41) is 0. The molecule has 0 aliphatic carbocycles. The van der Waals surface area contributed by atoms with Gasteiger partial charge in [0.25, 0.3) is 0 Å². The first kappa shape index (κ1) is 28.8. The summed E-state index contributed by atoms with van der Waals surface area (Å²) in [4.78, 5) is 24.9. The molecule has 8 heteroatoms. The fraction of sp³-hybridized carbons (Fsp3) is 0.355. The predicted octanol–water partition coefficient (Wildman–Crippen LogP) is 5.48. The van der Waals surface area contributed by atoms with Crippen LogP contribution in [0.3, 0.4) is 0 Å². The largest absolute Gasteiger partial charge is 0.463 e. The van der Waals surface area contributed by atoms with E-state index in [2.05, 4.69) is 0 Å².